The van der Waals surface area contributed by atoms with Gasteiger partial charge in [0, 0.05) is 36.9 Å². The van der Waals surface area contributed by atoms with Gasteiger partial charge in [-0.15, -0.1) is 11.3 Å². The second-order valence-corrected chi connectivity index (χ2v) is 7.07. The van der Waals surface area contributed by atoms with Crippen LogP contribution in [0.25, 0.3) is 0 Å². The van der Waals surface area contributed by atoms with Gasteiger partial charge in [-0.1, -0.05) is 0 Å². The summed E-state index contributed by atoms with van der Waals surface area (Å²) in [5, 5.41) is 0. The van der Waals surface area contributed by atoms with E-state index in [-0.39, 0.29) is 17.7 Å². The zero-order valence-corrected chi connectivity index (χ0v) is 12.2. The molecule has 1 saturated heterocycles. The van der Waals surface area contributed by atoms with Gasteiger partial charge in [-0.05, 0) is 31.7 Å². The second kappa shape index (κ2) is 4.58. The van der Waals surface area contributed by atoms with Crippen LogP contribution >= 0.6 is 11.3 Å². The van der Waals surface area contributed by atoms with Crippen molar-refractivity contribution < 1.29 is 9.59 Å². The minimum Gasteiger partial charge on any atom is -0.338 e. The van der Waals surface area contributed by atoms with Crippen LogP contribution in [0, 0.1) is 5.92 Å². The van der Waals surface area contributed by atoms with Crippen molar-refractivity contribution in [3.8, 4) is 0 Å². The van der Waals surface area contributed by atoms with E-state index < -0.39 is 0 Å². The maximum absolute atomic E-state index is 12.4. The highest BCUT2D eigenvalue weighted by atomic mass is 32.1. The summed E-state index contributed by atoms with van der Waals surface area (Å²) in [4.78, 5) is 30.5. The molecule has 0 aromatic carbocycles. The van der Waals surface area contributed by atoms with Gasteiger partial charge >= 0.3 is 0 Å². The van der Waals surface area contributed by atoms with Crippen LogP contribution in [0.3, 0.4) is 0 Å². The number of thiophene rings is 1. The fourth-order valence-electron chi connectivity index (χ4n) is 3.12. The molecular formula is C15H18N2O2S. The van der Waals surface area contributed by atoms with Crippen molar-refractivity contribution in [1.29, 1.82) is 0 Å². The minimum atomic E-state index is 0.153. The summed E-state index contributed by atoms with van der Waals surface area (Å²) in [5.74, 6) is 0.668. The molecule has 1 aromatic heterocycles. The largest absolute Gasteiger partial charge is 0.338 e. The third kappa shape index (κ3) is 1.95. The van der Waals surface area contributed by atoms with Gasteiger partial charge in [0.1, 0.15) is 0 Å². The van der Waals surface area contributed by atoms with Gasteiger partial charge in [-0.25, -0.2) is 0 Å². The quantitative estimate of drug-likeness (QED) is 0.838. The number of carbonyl (C=O) groups is 2. The molecule has 2 fully saturated rings. The first-order chi connectivity index (χ1) is 9.74. The third-order valence-corrected chi connectivity index (χ3v) is 5.61. The number of likely N-dealkylation sites (tertiary alicyclic amines) is 1. The molecule has 1 aromatic rings. The fraction of sp³-hybridized carbons (Fsp3) is 0.600. The molecule has 4 rings (SSSR count). The Morgan fingerprint density at radius 2 is 1.90 bits per heavy atom. The van der Waals surface area contributed by atoms with E-state index in [1.807, 2.05) is 15.9 Å². The van der Waals surface area contributed by atoms with Crippen LogP contribution in [-0.4, -0.2) is 36.3 Å². The molecule has 0 unspecified atom stereocenters. The lowest BCUT2D eigenvalue weighted by atomic mass is 10.3. The Morgan fingerprint density at radius 3 is 2.60 bits per heavy atom. The normalized spacial score (nSPS) is 21.4. The Labute approximate surface area is 122 Å². The van der Waals surface area contributed by atoms with Crippen LogP contribution in [0.1, 0.15) is 40.2 Å². The Bertz CT molecular complexity index is 570. The number of amides is 2. The van der Waals surface area contributed by atoms with E-state index in [1.54, 1.807) is 11.3 Å². The number of carbonyl (C=O) groups excluding carboxylic acids is 2. The Kier molecular flexibility index (Phi) is 2.84. The molecule has 2 amide bonds. The standard InChI is InChI=1S/C15H18N2O2S/c18-14(10-3-4-10)17-8-5-12-11(17)9-13(20-12)15(19)16-6-1-2-7-16/h9-10H,1-8H2. The topological polar surface area (TPSA) is 40.6 Å². The minimum absolute atomic E-state index is 0.153. The highest BCUT2D eigenvalue weighted by molar-refractivity contribution is 7.14. The van der Waals surface area contributed by atoms with Crippen molar-refractivity contribution >= 4 is 28.8 Å². The average Bonchev–Trinajstić information content (AvgIpc) is 2.89. The first kappa shape index (κ1) is 12.4. The fourth-order valence-corrected chi connectivity index (χ4v) is 4.24. The number of fused-ring (bicyclic) bond motifs is 1. The molecule has 1 saturated carbocycles. The number of hydrogen-bond acceptors (Lipinski definition) is 3. The van der Waals surface area contributed by atoms with E-state index >= 15 is 0 Å². The van der Waals surface area contributed by atoms with E-state index in [2.05, 4.69) is 0 Å². The third-order valence-electron chi connectivity index (χ3n) is 4.44. The summed E-state index contributed by atoms with van der Waals surface area (Å²) >= 11 is 1.59. The molecule has 1 aliphatic carbocycles. The molecule has 4 nitrogen and oxygen atoms in total. The summed E-state index contributed by atoms with van der Waals surface area (Å²) < 4.78 is 0. The molecule has 106 valence electrons. The monoisotopic (exact) mass is 290 g/mol. The lowest BCUT2D eigenvalue weighted by Crippen LogP contribution is -2.30. The van der Waals surface area contributed by atoms with Crippen LogP contribution in [-0.2, 0) is 11.2 Å². The van der Waals surface area contributed by atoms with Crippen molar-refractivity contribution in [2.75, 3.05) is 24.5 Å². The maximum Gasteiger partial charge on any atom is 0.264 e. The van der Waals surface area contributed by atoms with Crippen molar-refractivity contribution in [3.63, 3.8) is 0 Å². The van der Waals surface area contributed by atoms with Gasteiger partial charge in [0.25, 0.3) is 5.91 Å². The van der Waals surface area contributed by atoms with E-state index in [1.165, 1.54) is 4.88 Å². The molecule has 0 radical (unpaired) electrons. The SMILES string of the molecule is O=C(c1cc2c(s1)CCN2C(=O)C1CC1)N1CCCC1. The van der Waals surface area contributed by atoms with Crippen LogP contribution < -0.4 is 4.90 Å². The summed E-state index contributed by atoms with van der Waals surface area (Å²) in [5.41, 5.74) is 1.01. The Hall–Kier alpha value is -1.36. The number of nitrogens with zero attached hydrogens (tertiary/aromatic N) is 2. The molecule has 0 N–H and O–H groups in total. The lowest BCUT2D eigenvalue weighted by molar-refractivity contribution is -0.119. The predicted molar refractivity (Wildman–Crippen MR) is 78.2 cm³/mol. The highest BCUT2D eigenvalue weighted by Crippen LogP contribution is 2.40. The molecule has 2 aliphatic heterocycles. The van der Waals surface area contributed by atoms with E-state index in [0.717, 1.165) is 62.3 Å². The zero-order valence-electron chi connectivity index (χ0n) is 11.4. The molecular weight excluding hydrogens is 272 g/mol. The van der Waals surface area contributed by atoms with Crippen molar-refractivity contribution in [2.24, 2.45) is 5.92 Å². The van der Waals surface area contributed by atoms with Gasteiger partial charge in [0.2, 0.25) is 5.91 Å². The molecule has 3 heterocycles. The van der Waals surface area contributed by atoms with Crippen molar-refractivity contribution in [1.82, 2.24) is 4.90 Å². The average molecular weight is 290 g/mol. The van der Waals surface area contributed by atoms with Crippen molar-refractivity contribution in [2.45, 2.75) is 32.1 Å². The maximum atomic E-state index is 12.4. The van der Waals surface area contributed by atoms with Crippen LogP contribution in [0.5, 0.6) is 0 Å². The summed E-state index contributed by atoms with van der Waals surface area (Å²) in [6.45, 7) is 2.56. The molecule has 20 heavy (non-hydrogen) atoms. The molecule has 3 aliphatic rings. The van der Waals surface area contributed by atoms with Crippen LogP contribution in [0.15, 0.2) is 6.07 Å². The van der Waals surface area contributed by atoms with Gasteiger partial charge in [0.15, 0.2) is 0 Å². The van der Waals surface area contributed by atoms with Crippen LogP contribution in [0.2, 0.25) is 0 Å². The molecule has 0 spiro atoms. The van der Waals surface area contributed by atoms with Gasteiger partial charge in [-0.2, -0.15) is 0 Å². The first-order valence-electron chi connectivity index (χ1n) is 7.47. The summed E-state index contributed by atoms with van der Waals surface area (Å²) in [6, 6.07) is 1.95. The van der Waals surface area contributed by atoms with Crippen LogP contribution in [0.4, 0.5) is 5.69 Å². The Morgan fingerprint density at radius 1 is 1.15 bits per heavy atom. The molecule has 5 heteroatoms. The molecule has 0 atom stereocenters. The predicted octanol–water partition coefficient (Wildman–Crippen LogP) is 2.28. The van der Waals surface area contributed by atoms with E-state index in [0.29, 0.717) is 0 Å². The summed E-state index contributed by atoms with van der Waals surface area (Å²) in [7, 11) is 0. The molecule has 0 bridgehead atoms. The van der Waals surface area contributed by atoms with Gasteiger partial charge in [-0.3, -0.25) is 9.59 Å². The van der Waals surface area contributed by atoms with Gasteiger partial charge in [0.05, 0.1) is 10.6 Å². The second-order valence-electron chi connectivity index (χ2n) is 5.93. The first-order valence-corrected chi connectivity index (χ1v) is 8.29. The summed E-state index contributed by atoms with van der Waals surface area (Å²) in [6.07, 6.45) is 5.21. The lowest BCUT2D eigenvalue weighted by Gasteiger charge is -2.16. The smallest absolute Gasteiger partial charge is 0.264 e. The zero-order chi connectivity index (χ0) is 13.7. The van der Waals surface area contributed by atoms with Crippen molar-refractivity contribution in [3.05, 3.63) is 15.8 Å². The van der Waals surface area contributed by atoms with E-state index in [9.17, 15) is 9.59 Å². The Balaban J connectivity index is 1.57. The van der Waals surface area contributed by atoms with Gasteiger partial charge < -0.3 is 9.80 Å². The van der Waals surface area contributed by atoms with E-state index in [4.69, 9.17) is 0 Å². The highest BCUT2D eigenvalue weighted by Gasteiger charge is 2.38. The number of anilines is 1. The number of hydrogen-bond donors (Lipinski definition) is 0. The number of rotatable bonds is 2.